The molecule has 1 heterocycles. The maximum atomic E-state index is 12.3. The van der Waals surface area contributed by atoms with Crippen LogP contribution in [0.1, 0.15) is 36.8 Å². The SMILES string of the molecule is CC(C)(C)N(Cc1ccnc(C(=O)Nc2ccc(N)cc2)c1)C(=O)O. The zero-order valence-corrected chi connectivity index (χ0v) is 14.5. The van der Waals surface area contributed by atoms with Crippen LogP contribution in [0.4, 0.5) is 16.2 Å². The number of nitrogens with zero attached hydrogens (tertiary/aromatic N) is 2. The highest BCUT2D eigenvalue weighted by atomic mass is 16.4. The lowest BCUT2D eigenvalue weighted by atomic mass is 10.1. The summed E-state index contributed by atoms with van der Waals surface area (Å²) in [6, 6.07) is 10.1. The fourth-order valence-corrected chi connectivity index (χ4v) is 2.23. The van der Waals surface area contributed by atoms with E-state index in [1.54, 1.807) is 36.4 Å². The van der Waals surface area contributed by atoms with E-state index in [9.17, 15) is 14.7 Å². The number of carboxylic acid groups (broad SMARTS) is 1. The van der Waals surface area contributed by atoms with E-state index in [1.165, 1.54) is 11.1 Å². The van der Waals surface area contributed by atoms with E-state index in [0.29, 0.717) is 16.9 Å². The second-order valence-electron chi connectivity index (χ2n) is 6.67. The number of aromatic nitrogens is 1. The first kappa shape index (κ1) is 18.3. The normalized spacial score (nSPS) is 11.0. The highest BCUT2D eigenvalue weighted by Crippen LogP contribution is 2.18. The number of anilines is 2. The molecule has 2 aromatic rings. The molecule has 0 unspecified atom stereocenters. The molecule has 0 aliphatic heterocycles. The zero-order chi connectivity index (χ0) is 18.6. The van der Waals surface area contributed by atoms with Gasteiger partial charge in [0, 0.05) is 29.7 Å². The fourth-order valence-electron chi connectivity index (χ4n) is 2.23. The second kappa shape index (κ2) is 7.21. The van der Waals surface area contributed by atoms with Crippen LogP contribution < -0.4 is 11.1 Å². The van der Waals surface area contributed by atoms with Crippen molar-refractivity contribution in [3.63, 3.8) is 0 Å². The average molecular weight is 342 g/mol. The van der Waals surface area contributed by atoms with Crippen LogP contribution in [0.15, 0.2) is 42.6 Å². The summed E-state index contributed by atoms with van der Waals surface area (Å²) < 4.78 is 0. The molecule has 132 valence electrons. The van der Waals surface area contributed by atoms with Crippen molar-refractivity contribution in [2.24, 2.45) is 0 Å². The molecular weight excluding hydrogens is 320 g/mol. The minimum atomic E-state index is -1.02. The first-order valence-electron chi connectivity index (χ1n) is 7.79. The predicted octanol–water partition coefficient (Wildman–Crippen LogP) is 3.19. The summed E-state index contributed by atoms with van der Waals surface area (Å²) in [5.41, 5.74) is 7.18. The van der Waals surface area contributed by atoms with Crippen LogP contribution in [-0.4, -0.2) is 32.5 Å². The second-order valence-corrected chi connectivity index (χ2v) is 6.67. The number of nitrogen functional groups attached to an aromatic ring is 1. The Labute approximate surface area is 146 Å². The number of amides is 2. The molecule has 0 saturated heterocycles. The lowest BCUT2D eigenvalue weighted by Crippen LogP contribution is -2.44. The van der Waals surface area contributed by atoms with Crippen LogP contribution in [0.3, 0.4) is 0 Å². The number of nitrogens with one attached hydrogen (secondary N) is 1. The van der Waals surface area contributed by atoms with Crippen molar-refractivity contribution in [3.05, 3.63) is 53.9 Å². The Morgan fingerprint density at radius 1 is 1.20 bits per heavy atom. The minimum Gasteiger partial charge on any atom is -0.465 e. The topological polar surface area (TPSA) is 109 Å². The molecule has 1 aromatic heterocycles. The maximum absolute atomic E-state index is 12.3. The van der Waals surface area contributed by atoms with E-state index >= 15 is 0 Å². The summed E-state index contributed by atoms with van der Waals surface area (Å²) in [5.74, 6) is -0.371. The zero-order valence-electron chi connectivity index (χ0n) is 14.5. The third-order valence-electron chi connectivity index (χ3n) is 3.61. The Morgan fingerprint density at radius 2 is 1.84 bits per heavy atom. The fraction of sp³-hybridized carbons (Fsp3) is 0.278. The molecule has 7 nitrogen and oxygen atoms in total. The van der Waals surface area contributed by atoms with Gasteiger partial charge in [-0.25, -0.2) is 4.79 Å². The smallest absolute Gasteiger partial charge is 0.408 e. The van der Waals surface area contributed by atoms with E-state index in [1.807, 2.05) is 20.8 Å². The maximum Gasteiger partial charge on any atom is 0.408 e. The van der Waals surface area contributed by atoms with Gasteiger partial charge in [-0.2, -0.15) is 0 Å². The van der Waals surface area contributed by atoms with E-state index < -0.39 is 11.6 Å². The van der Waals surface area contributed by atoms with Gasteiger partial charge in [0.25, 0.3) is 5.91 Å². The van der Waals surface area contributed by atoms with E-state index in [0.717, 1.165) is 0 Å². The molecule has 1 aromatic carbocycles. The van der Waals surface area contributed by atoms with Crippen molar-refractivity contribution in [2.75, 3.05) is 11.1 Å². The molecule has 0 fully saturated rings. The molecule has 25 heavy (non-hydrogen) atoms. The minimum absolute atomic E-state index is 0.170. The summed E-state index contributed by atoms with van der Waals surface area (Å²) in [6.45, 7) is 5.62. The number of hydrogen-bond donors (Lipinski definition) is 3. The van der Waals surface area contributed by atoms with Crippen LogP contribution in [0.25, 0.3) is 0 Å². The first-order valence-corrected chi connectivity index (χ1v) is 7.79. The molecule has 0 aliphatic rings. The van der Waals surface area contributed by atoms with Crippen molar-refractivity contribution in [1.82, 2.24) is 9.88 Å². The van der Waals surface area contributed by atoms with Gasteiger partial charge in [-0.15, -0.1) is 0 Å². The van der Waals surface area contributed by atoms with Crippen LogP contribution in [0.5, 0.6) is 0 Å². The Morgan fingerprint density at radius 3 is 2.40 bits per heavy atom. The lowest BCUT2D eigenvalue weighted by molar-refractivity contribution is 0.0955. The molecule has 2 amide bonds. The lowest BCUT2D eigenvalue weighted by Gasteiger charge is -2.33. The highest BCUT2D eigenvalue weighted by Gasteiger charge is 2.26. The number of benzene rings is 1. The van der Waals surface area contributed by atoms with E-state index in [4.69, 9.17) is 5.73 Å². The Hall–Kier alpha value is -3.09. The third kappa shape index (κ3) is 4.94. The van der Waals surface area contributed by atoms with Gasteiger partial charge in [0.15, 0.2) is 0 Å². The predicted molar refractivity (Wildman–Crippen MR) is 96.4 cm³/mol. The number of carbonyl (C=O) groups is 2. The molecule has 2 rings (SSSR count). The van der Waals surface area contributed by atoms with Crippen molar-refractivity contribution in [1.29, 1.82) is 0 Å². The average Bonchev–Trinajstić information content (AvgIpc) is 2.53. The van der Waals surface area contributed by atoms with Crippen LogP contribution in [0, 0.1) is 0 Å². The molecule has 0 radical (unpaired) electrons. The standard InChI is InChI=1S/C18H22N4O3/c1-18(2,3)22(17(24)25)11-12-8-9-20-15(10-12)16(23)21-14-6-4-13(19)5-7-14/h4-10H,11,19H2,1-3H3,(H,21,23)(H,24,25). The van der Waals surface area contributed by atoms with Gasteiger partial charge in [0.1, 0.15) is 5.69 Å². The Balaban J connectivity index is 2.16. The molecule has 0 aliphatic carbocycles. The summed E-state index contributed by atoms with van der Waals surface area (Å²) in [5, 5.41) is 12.1. The molecule has 0 saturated carbocycles. The third-order valence-corrected chi connectivity index (χ3v) is 3.61. The van der Waals surface area contributed by atoms with E-state index in [-0.39, 0.29) is 18.1 Å². The quantitative estimate of drug-likeness (QED) is 0.739. The van der Waals surface area contributed by atoms with Crippen molar-refractivity contribution >= 4 is 23.4 Å². The van der Waals surface area contributed by atoms with Crippen molar-refractivity contribution in [2.45, 2.75) is 32.9 Å². The number of carbonyl (C=O) groups excluding carboxylic acids is 1. The molecule has 7 heteroatoms. The van der Waals surface area contributed by atoms with Crippen LogP contribution in [-0.2, 0) is 6.54 Å². The number of rotatable bonds is 4. The number of hydrogen-bond acceptors (Lipinski definition) is 4. The van der Waals surface area contributed by atoms with E-state index in [2.05, 4.69) is 10.3 Å². The monoisotopic (exact) mass is 342 g/mol. The van der Waals surface area contributed by atoms with Crippen molar-refractivity contribution < 1.29 is 14.7 Å². The van der Waals surface area contributed by atoms with Crippen molar-refractivity contribution in [3.8, 4) is 0 Å². The van der Waals surface area contributed by atoms with Crippen LogP contribution in [0.2, 0.25) is 0 Å². The highest BCUT2D eigenvalue weighted by molar-refractivity contribution is 6.03. The summed E-state index contributed by atoms with van der Waals surface area (Å²) in [7, 11) is 0. The molecule has 0 spiro atoms. The summed E-state index contributed by atoms with van der Waals surface area (Å²) in [4.78, 5) is 29.2. The Kier molecular flexibility index (Phi) is 5.26. The van der Waals surface area contributed by atoms with Gasteiger partial charge in [-0.3, -0.25) is 14.7 Å². The van der Waals surface area contributed by atoms with Gasteiger partial charge >= 0.3 is 6.09 Å². The number of pyridine rings is 1. The van der Waals surface area contributed by atoms with Gasteiger partial charge in [-0.1, -0.05) is 0 Å². The molecule has 0 bridgehead atoms. The van der Waals surface area contributed by atoms with Gasteiger partial charge in [0.05, 0.1) is 0 Å². The summed E-state index contributed by atoms with van der Waals surface area (Å²) >= 11 is 0. The molecule has 4 N–H and O–H groups in total. The first-order chi connectivity index (χ1) is 11.7. The number of nitrogens with two attached hydrogens (primary N) is 1. The molecular formula is C18H22N4O3. The van der Waals surface area contributed by atoms with Crippen LogP contribution >= 0.6 is 0 Å². The van der Waals surface area contributed by atoms with Gasteiger partial charge in [0.2, 0.25) is 0 Å². The van der Waals surface area contributed by atoms with Gasteiger partial charge in [-0.05, 0) is 62.7 Å². The molecule has 0 atom stereocenters. The summed E-state index contributed by atoms with van der Waals surface area (Å²) in [6.07, 6.45) is 0.479. The Bertz CT molecular complexity index is 767. The largest absolute Gasteiger partial charge is 0.465 e. The van der Waals surface area contributed by atoms with Gasteiger partial charge < -0.3 is 16.2 Å².